The van der Waals surface area contributed by atoms with Crippen molar-refractivity contribution in [1.29, 1.82) is 0 Å². The molecule has 0 saturated carbocycles. The van der Waals surface area contributed by atoms with Crippen molar-refractivity contribution in [1.82, 2.24) is 10.6 Å². The lowest BCUT2D eigenvalue weighted by Gasteiger charge is -2.13. The van der Waals surface area contributed by atoms with Crippen LogP contribution in [0.2, 0.25) is 5.02 Å². The van der Waals surface area contributed by atoms with Gasteiger partial charge in [0.25, 0.3) is 5.91 Å². The molecule has 0 fully saturated rings. The van der Waals surface area contributed by atoms with Crippen LogP contribution in [-0.2, 0) is 17.8 Å². The highest BCUT2D eigenvalue weighted by Gasteiger charge is 2.13. The Morgan fingerprint density at radius 2 is 1.76 bits per heavy atom. The number of thiocarbonyl (C=S) groups is 1. The van der Waals surface area contributed by atoms with Gasteiger partial charge >= 0.3 is 0 Å². The molecule has 0 saturated heterocycles. The molecule has 8 heteroatoms. The molecule has 0 bridgehead atoms. The highest BCUT2D eigenvalue weighted by molar-refractivity contribution is 7.80. The summed E-state index contributed by atoms with van der Waals surface area (Å²) < 4.78 is 5.21. The zero-order valence-electron chi connectivity index (χ0n) is 15.3. The molecule has 0 unspecified atom stereocenters. The Morgan fingerprint density at radius 3 is 2.48 bits per heavy atom. The van der Waals surface area contributed by atoms with Crippen LogP contribution in [0.3, 0.4) is 0 Å². The van der Waals surface area contributed by atoms with Gasteiger partial charge in [0.1, 0.15) is 5.76 Å². The van der Waals surface area contributed by atoms with Crippen molar-refractivity contribution < 1.29 is 14.0 Å². The summed E-state index contributed by atoms with van der Waals surface area (Å²) in [7, 11) is 0. The van der Waals surface area contributed by atoms with Crippen LogP contribution in [0.1, 0.15) is 21.7 Å². The number of anilines is 1. The fourth-order valence-electron chi connectivity index (χ4n) is 2.58. The van der Waals surface area contributed by atoms with Gasteiger partial charge in [-0.15, -0.1) is 0 Å². The fraction of sp³-hybridized carbons (Fsp3) is 0.0952. The Labute approximate surface area is 178 Å². The maximum Gasteiger partial charge on any atom is 0.253 e. The minimum absolute atomic E-state index is 0.107. The van der Waals surface area contributed by atoms with Crippen molar-refractivity contribution in [2.45, 2.75) is 13.0 Å². The summed E-state index contributed by atoms with van der Waals surface area (Å²) >= 11 is 11.1. The monoisotopic (exact) mass is 427 g/mol. The second-order valence-corrected chi connectivity index (χ2v) is 6.96. The predicted molar refractivity (Wildman–Crippen MR) is 116 cm³/mol. The van der Waals surface area contributed by atoms with Crippen molar-refractivity contribution in [2.75, 3.05) is 5.32 Å². The lowest BCUT2D eigenvalue weighted by Crippen LogP contribution is -2.35. The van der Waals surface area contributed by atoms with Gasteiger partial charge in [-0.05, 0) is 54.2 Å². The molecule has 3 rings (SSSR count). The van der Waals surface area contributed by atoms with E-state index in [9.17, 15) is 9.59 Å². The number of hydrogen-bond acceptors (Lipinski definition) is 4. The number of halogens is 1. The molecule has 1 heterocycles. The molecule has 2 aromatic carbocycles. The fourth-order valence-corrected chi connectivity index (χ4v) is 2.93. The lowest BCUT2D eigenvalue weighted by molar-refractivity contribution is -0.119. The average Bonchev–Trinajstić information content (AvgIpc) is 3.22. The van der Waals surface area contributed by atoms with Gasteiger partial charge in [0.2, 0.25) is 5.91 Å². The molecule has 148 valence electrons. The number of carbonyl (C=O) groups is 2. The molecule has 0 aliphatic rings. The van der Waals surface area contributed by atoms with Gasteiger partial charge in [0.15, 0.2) is 5.11 Å². The molecule has 29 heavy (non-hydrogen) atoms. The molecule has 0 spiro atoms. The third-order valence-corrected chi connectivity index (χ3v) is 4.41. The summed E-state index contributed by atoms with van der Waals surface area (Å²) in [6.45, 7) is 0.266. The van der Waals surface area contributed by atoms with Crippen molar-refractivity contribution in [3.8, 4) is 0 Å². The van der Waals surface area contributed by atoms with Crippen molar-refractivity contribution in [3.63, 3.8) is 0 Å². The van der Waals surface area contributed by atoms with E-state index in [4.69, 9.17) is 28.2 Å². The SMILES string of the molecule is O=C(Cc1ccc(Cl)cc1)NC(=S)Nc1ccccc1C(=O)NCc1ccco1. The minimum Gasteiger partial charge on any atom is -0.467 e. The van der Waals surface area contributed by atoms with Crippen molar-refractivity contribution >= 4 is 46.4 Å². The van der Waals surface area contributed by atoms with Gasteiger partial charge in [-0.3, -0.25) is 9.59 Å². The number of rotatable bonds is 6. The zero-order valence-corrected chi connectivity index (χ0v) is 16.8. The molecule has 3 aromatic rings. The van der Waals surface area contributed by atoms with Gasteiger partial charge < -0.3 is 20.4 Å². The Bertz CT molecular complexity index is 1000. The number of amides is 2. The van der Waals surface area contributed by atoms with Crippen molar-refractivity contribution in [3.05, 3.63) is 88.8 Å². The number of furan rings is 1. The Kier molecular flexibility index (Phi) is 6.99. The van der Waals surface area contributed by atoms with Crippen LogP contribution in [0.5, 0.6) is 0 Å². The summed E-state index contributed by atoms with van der Waals surface area (Å²) in [5.41, 5.74) is 1.70. The van der Waals surface area contributed by atoms with Crippen LogP contribution in [0, 0.1) is 0 Å². The maximum atomic E-state index is 12.5. The average molecular weight is 428 g/mol. The Morgan fingerprint density at radius 1 is 1.00 bits per heavy atom. The van der Waals surface area contributed by atoms with Gasteiger partial charge in [0.05, 0.1) is 30.5 Å². The topological polar surface area (TPSA) is 83.4 Å². The molecular formula is C21H18ClN3O3S. The third-order valence-electron chi connectivity index (χ3n) is 3.95. The molecule has 0 aliphatic carbocycles. The third kappa shape index (κ3) is 6.17. The highest BCUT2D eigenvalue weighted by Crippen LogP contribution is 2.15. The molecule has 1 aromatic heterocycles. The second kappa shape index (κ2) is 9.86. The Balaban J connectivity index is 1.57. The van der Waals surface area contributed by atoms with Gasteiger partial charge in [0, 0.05) is 5.02 Å². The van der Waals surface area contributed by atoms with E-state index < -0.39 is 0 Å². The van der Waals surface area contributed by atoms with E-state index in [0.29, 0.717) is 22.0 Å². The molecule has 6 nitrogen and oxygen atoms in total. The summed E-state index contributed by atoms with van der Waals surface area (Å²) in [5, 5.41) is 9.01. The summed E-state index contributed by atoms with van der Waals surface area (Å²) in [6, 6.07) is 17.4. The predicted octanol–water partition coefficient (Wildman–Crippen LogP) is 3.92. The number of nitrogens with one attached hydrogen (secondary N) is 3. The van der Waals surface area contributed by atoms with E-state index in [2.05, 4.69) is 16.0 Å². The van der Waals surface area contributed by atoms with Crippen LogP contribution in [-0.4, -0.2) is 16.9 Å². The van der Waals surface area contributed by atoms with E-state index in [1.165, 1.54) is 0 Å². The summed E-state index contributed by atoms with van der Waals surface area (Å²) in [6.07, 6.45) is 1.70. The largest absolute Gasteiger partial charge is 0.467 e. The first-order chi connectivity index (χ1) is 14.0. The quantitative estimate of drug-likeness (QED) is 0.519. The molecular weight excluding hydrogens is 410 g/mol. The molecule has 0 aliphatic heterocycles. The smallest absolute Gasteiger partial charge is 0.253 e. The van der Waals surface area contributed by atoms with E-state index in [1.807, 2.05) is 0 Å². The minimum atomic E-state index is -0.292. The normalized spacial score (nSPS) is 10.2. The standard InChI is InChI=1S/C21H18ClN3O3S/c22-15-9-7-14(8-10-15)12-19(26)25-21(29)24-18-6-2-1-5-17(18)20(27)23-13-16-4-3-11-28-16/h1-11H,12-13H2,(H,23,27)(H2,24,25,26,29). The summed E-state index contributed by atoms with van der Waals surface area (Å²) in [5.74, 6) is 0.0816. The van der Waals surface area contributed by atoms with E-state index in [-0.39, 0.29) is 29.9 Å². The molecule has 0 radical (unpaired) electrons. The van der Waals surface area contributed by atoms with Crippen LogP contribution in [0.15, 0.2) is 71.3 Å². The maximum absolute atomic E-state index is 12.5. The van der Waals surface area contributed by atoms with Crippen LogP contribution >= 0.6 is 23.8 Å². The van der Waals surface area contributed by atoms with Crippen LogP contribution in [0.25, 0.3) is 0 Å². The first-order valence-corrected chi connectivity index (χ1v) is 9.55. The number of carbonyl (C=O) groups excluding carboxylic acids is 2. The van der Waals surface area contributed by atoms with Gasteiger partial charge in [-0.1, -0.05) is 35.9 Å². The highest BCUT2D eigenvalue weighted by atomic mass is 35.5. The lowest BCUT2D eigenvalue weighted by atomic mass is 10.1. The summed E-state index contributed by atoms with van der Waals surface area (Å²) in [4.78, 5) is 24.7. The first kappa shape index (κ1) is 20.6. The van der Waals surface area contributed by atoms with Crippen LogP contribution in [0.4, 0.5) is 5.69 Å². The second-order valence-electron chi connectivity index (χ2n) is 6.11. The first-order valence-electron chi connectivity index (χ1n) is 8.76. The molecule has 0 atom stereocenters. The number of hydrogen-bond donors (Lipinski definition) is 3. The number of benzene rings is 2. The number of para-hydroxylation sites is 1. The zero-order chi connectivity index (χ0) is 20.6. The van der Waals surface area contributed by atoms with E-state index in [1.54, 1.807) is 66.9 Å². The van der Waals surface area contributed by atoms with E-state index >= 15 is 0 Å². The molecule has 2 amide bonds. The van der Waals surface area contributed by atoms with Crippen LogP contribution < -0.4 is 16.0 Å². The van der Waals surface area contributed by atoms with Crippen molar-refractivity contribution in [2.24, 2.45) is 0 Å². The Hall–Kier alpha value is -3.16. The molecule has 3 N–H and O–H groups in total. The van der Waals surface area contributed by atoms with Gasteiger partial charge in [-0.25, -0.2) is 0 Å². The van der Waals surface area contributed by atoms with Gasteiger partial charge in [-0.2, -0.15) is 0 Å². The van der Waals surface area contributed by atoms with E-state index in [0.717, 1.165) is 5.56 Å².